The Kier molecular flexibility index (Phi) is 71.0. The van der Waals surface area contributed by atoms with Gasteiger partial charge < -0.3 is 33.8 Å². The van der Waals surface area contributed by atoms with Gasteiger partial charge >= 0.3 is 39.5 Å². The number of esters is 4. The molecule has 0 rings (SSSR count). The van der Waals surface area contributed by atoms with Crippen molar-refractivity contribution in [2.24, 2.45) is 0 Å². The summed E-state index contributed by atoms with van der Waals surface area (Å²) in [7, 11) is -9.92. The Bertz CT molecular complexity index is 1950. The van der Waals surface area contributed by atoms with E-state index in [1.54, 1.807) is 0 Å². The van der Waals surface area contributed by atoms with Crippen LogP contribution in [0, 0.1) is 0 Å². The van der Waals surface area contributed by atoms with Gasteiger partial charge in [0.1, 0.15) is 19.3 Å². The van der Waals surface area contributed by atoms with Crippen LogP contribution in [0.3, 0.4) is 0 Å². The average molecular weight is 1430 g/mol. The van der Waals surface area contributed by atoms with Crippen molar-refractivity contribution in [3.63, 3.8) is 0 Å². The van der Waals surface area contributed by atoms with E-state index >= 15 is 0 Å². The number of aliphatic hydroxyl groups is 1. The molecule has 0 amide bonds. The first-order valence-electron chi connectivity index (χ1n) is 40.6. The minimum absolute atomic E-state index is 0.0852. The monoisotopic (exact) mass is 1430 g/mol. The van der Waals surface area contributed by atoms with Crippen molar-refractivity contribution in [2.75, 3.05) is 39.6 Å². The van der Waals surface area contributed by atoms with E-state index in [4.69, 9.17) is 37.0 Å². The second-order valence-corrected chi connectivity index (χ2v) is 30.7. The summed E-state index contributed by atoms with van der Waals surface area (Å²) in [5.41, 5.74) is 0. The molecule has 0 aliphatic rings. The molecular formula is C79H150O17P2. The number of unbranched alkanes of at least 4 members (excludes halogenated alkanes) is 49. The summed E-state index contributed by atoms with van der Waals surface area (Å²) in [5.74, 6) is -2.14. The zero-order chi connectivity index (χ0) is 71.8. The summed E-state index contributed by atoms with van der Waals surface area (Å²) < 4.78 is 68.5. The molecule has 19 heteroatoms. The van der Waals surface area contributed by atoms with Crippen LogP contribution in [-0.2, 0) is 65.4 Å². The molecule has 0 aliphatic heterocycles. The Hall–Kier alpha value is -2.46. The molecule has 2 unspecified atom stereocenters. The molecule has 0 aromatic rings. The molecule has 0 saturated heterocycles. The fraction of sp³-hybridized carbons (Fsp3) is 0.899. The van der Waals surface area contributed by atoms with Gasteiger partial charge in [0.2, 0.25) is 0 Å². The fourth-order valence-electron chi connectivity index (χ4n) is 11.7. The highest BCUT2D eigenvalue weighted by molar-refractivity contribution is 7.47. The SMILES string of the molecule is CCCCCC/C=C\C=C/CCCCCCCC(=O)O[C@H](COC(=O)CCCCCCCCC)COP(=O)(O)OC[C@H](O)COP(=O)(O)OC[C@@H](COC(=O)CCCCCCCCCCCCCCCCCCCC)OC(=O)CCCCCCCCCCCCCCCCCCCC. The molecule has 5 atom stereocenters. The number of phosphoric ester groups is 2. The van der Waals surface area contributed by atoms with Crippen LogP contribution in [0.4, 0.5) is 0 Å². The van der Waals surface area contributed by atoms with Gasteiger partial charge in [-0.1, -0.05) is 347 Å². The lowest BCUT2D eigenvalue weighted by molar-refractivity contribution is -0.161. The average Bonchev–Trinajstić information content (AvgIpc) is 1.04. The Morgan fingerprint density at radius 3 is 0.745 bits per heavy atom. The second-order valence-electron chi connectivity index (χ2n) is 27.8. The molecule has 0 fully saturated rings. The van der Waals surface area contributed by atoms with Crippen molar-refractivity contribution in [3.8, 4) is 0 Å². The summed E-state index contributed by atoms with van der Waals surface area (Å²) in [6.07, 6.45) is 67.6. The van der Waals surface area contributed by atoms with Crippen LogP contribution in [0.25, 0.3) is 0 Å². The van der Waals surface area contributed by atoms with Gasteiger partial charge in [-0.05, 0) is 51.4 Å². The molecule has 0 aromatic carbocycles. The van der Waals surface area contributed by atoms with E-state index in [1.165, 1.54) is 205 Å². The summed E-state index contributed by atoms with van der Waals surface area (Å²) in [6, 6.07) is 0. The maximum Gasteiger partial charge on any atom is 0.472 e. The summed E-state index contributed by atoms with van der Waals surface area (Å²) in [6.45, 7) is 4.90. The van der Waals surface area contributed by atoms with Crippen LogP contribution in [0.2, 0.25) is 0 Å². The quantitative estimate of drug-likeness (QED) is 0.0169. The van der Waals surface area contributed by atoms with Crippen LogP contribution < -0.4 is 0 Å². The zero-order valence-corrected chi connectivity index (χ0v) is 65.0. The standard InChI is InChI=1S/C79H150O17P2/c1-5-9-13-17-21-24-27-30-33-35-37-40-42-45-48-52-56-60-64-77(82)90-70-75(96-79(84)66-62-58-54-50-47-44-41-38-36-34-31-28-25-22-18-14-10-6-2)72-94-98(87,88)92-68-73(80)67-91-97(85,86)93-71-74(69-89-76(81)63-59-55-51-20-16-12-8-4)95-78(83)65-61-57-53-49-46-43-39-32-29-26-23-19-15-11-7-3/h26,29,32,39,73-75,80H,5-25,27-28,30-31,33-38,40-72H2,1-4H3,(H,85,86)(H,87,88)/b29-26-,39-32-/t73-,74+,75+/m0/s1. The first-order chi connectivity index (χ1) is 47.7. The summed E-state index contributed by atoms with van der Waals surface area (Å²) >= 11 is 0. The van der Waals surface area contributed by atoms with Gasteiger partial charge in [0, 0.05) is 25.7 Å². The molecule has 0 aromatic heterocycles. The van der Waals surface area contributed by atoms with E-state index < -0.39 is 97.5 Å². The Labute approximate surface area is 599 Å². The number of phosphoric acid groups is 2. The highest BCUT2D eigenvalue weighted by Gasteiger charge is 2.30. The summed E-state index contributed by atoms with van der Waals surface area (Å²) in [5, 5.41) is 10.6. The van der Waals surface area contributed by atoms with E-state index in [9.17, 15) is 43.2 Å². The van der Waals surface area contributed by atoms with Crippen LogP contribution in [0.15, 0.2) is 24.3 Å². The van der Waals surface area contributed by atoms with Crippen molar-refractivity contribution >= 4 is 39.5 Å². The highest BCUT2D eigenvalue weighted by Crippen LogP contribution is 2.45. The first kappa shape index (κ1) is 95.5. The molecule has 0 spiro atoms. The second kappa shape index (κ2) is 72.9. The van der Waals surface area contributed by atoms with Gasteiger partial charge in [0.25, 0.3) is 0 Å². The van der Waals surface area contributed by atoms with Crippen molar-refractivity contribution in [1.82, 2.24) is 0 Å². The van der Waals surface area contributed by atoms with Gasteiger partial charge in [-0.25, -0.2) is 9.13 Å². The van der Waals surface area contributed by atoms with Gasteiger partial charge in [-0.15, -0.1) is 0 Å². The van der Waals surface area contributed by atoms with E-state index in [1.807, 2.05) is 0 Å². The van der Waals surface area contributed by atoms with E-state index in [0.29, 0.717) is 25.7 Å². The zero-order valence-electron chi connectivity index (χ0n) is 63.2. The third-order valence-electron chi connectivity index (χ3n) is 18.0. The van der Waals surface area contributed by atoms with E-state index in [2.05, 4.69) is 52.0 Å². The Morgan fingerprint density at radius 2 is 0.490 bits per heavy atom. The molecule has 98 heavy (non-hydrogen) atoms. The largest absolute Gasteiger partial charge is 0.472 e. The van der Waals surface area contributed by atoms with Crippen molar-refractivity contribution in [3.05, 3.63) is 24.3 Å². The number of ether oxygens (including phenoxy) is 4. The predicted molar refractivity (Wildman–Crippen MR) is 400 cm³/mol. The van der Waals surface area contributed by atoms with Crippen molar-refractivity contribution < 1.29 is 80.2 Å². The molecule has 0 saturated carbocycles. The van der Waals surface area contributed by atoms with E-state index in [-0.39, 0.29) is 25.7 Å². The fourth-order valence-corrected chi connectivity index (χ4v) is 13.3. The van der Waals surface area contributed by atoms with Gasteiger partial charge in [-0.2, -0.15) is 0 Å². The third kappa shape index (κ3) is 71.9. The van der Waals surface area contributed by atoms with Crippen LogP contribution in [0.5, 0.6) is 0 Å². The molecule has 0 heterocycles. The Balaban J connectivity index is 5.21. The number of hydrogen-bond donors (Lipinski definition) is 3. The molecule has 0 radical (unpaired) electrons. The van der Waals surface area contributed by atoms with Gasteiger partial charge in [-0.3, -0.25) is 37.3 Å². The third-order valence-corrected chi connectivity index (χ3v) is 19.9. The lowest BCUT2D eigenvalue weighted by Crippen LogP contribution is -2.30. The van der Waals surface area contributed by atoms with Crippen molar-refractivity contribution in [1.29, 1.82) is 0 Å². The predicted octanol–water partition coefficient (Wildman–Crippen LogP) is 23.3. The number of rotatable bonds is 78. The number of carbonyl (C=O) groups is 4. The highest BCUT2D eigenvalue weighted by atomic mass is 31.2. The maximum atomic E-state index is 13.1. The molecule has 0 aliphatic carbocycles. The van der Waals surface area contributed by atoms with Gasteiger partial charge in [0.15, 0.2) is 12.2 Å². The molecule has 17 nitrogen and oxygen atoms in total. The number of hydrogen-bond acceptors (Lipinski definition) is 15. The normalized spacial score (nSPS) is 14.0. The molecule has 3 N–H and O–H groups in total. The topological polar surface area (TPSA) is 237 Å². The number of aliphatic hydroxyl groups excluding tert-OH is 1. The number of allylic oxidation sites excluding steroid dienone is 4. The molecule has 578 valence electrons. The van der Waals surface area contributed by atoms with Crippen molar-refractivity contribution in [2.45, 2.75) is 418 Å². The van der Waals surface area contributed by atoms with Gasteiger partial charge in [0.05, 0.1) is 26.4 Å². The number of carbonyl (C=O) groups excluding carboxylic acids is 4. The molecule has 0 bridgehead atoms. The minimum Gasteiger partial charge on any atom is -0.462 e. The van der Waals surface area contributed by atoms with Crippen LogP contribution >= 0.6 is 15.6 Å². The van der Waals surface area contributed by atoms with E-state index in [0.717, 1.165) is 116 Å². The Morgan fingerprint density at radius 1 is 0.286 bits per heavy atom. The maximum absolute atomic E-state index is 13.1. The minimum atomic E-state index is -4.96. The smallest absolute Gasteiger partial charge is 0.462 e. The van der Waals surface area contributed by atoms with Crippen LogP contribution in [-0.4, -0.2) is 96.7 Å². The lowest BCUT2D eigenvalue weighted by atomic mass is 10.0. The lowest BCUT2D eigenvalue weighted by Gasteiger charge is -2.21. The summed E-state index contributed by atoms with van der Waals surface area (Å²) in [4.78, 5) is 72.8. The first-order valence-corrected chi connectivity index (χ1v) is 43.6. The molecular weight excluding hydrogens is 1280 g/mol. The van der Waals surface area contributed by atoms with Crippen LogP contribution in [0.1, 0.15) is 400 Å².